The first-order chi connectivity index (χ1) is 13.0. The molecule has 0 aliphatic heterocycles. The van der Waals surface area contributed by atoms with Gasteiger partial charge in [0, 0.05) is 12.2 Å². The lowest BCUT2D eigenvalue weighted by Crippen LogP contribution is -2.34. The molecule has 0 radical (unpaired) electrons. The molecule has 3 aromatic rings. The van der Waals surface area contributed by atoms with Crippen molar-refractivity contribution < 1.29 is 4.79 Å². The molecule has 2 N–H and O–H groups in total. The summed E-state index contributed by atoms with van der Waals surface area (Å²) in [6, 6.07) is 10.6. The van der Waals surface area contributed by atoms with Crippen LogP contribution in [0.2, 0.25) is 0 Å². The van der Waals surface area contributed by atoms with Gasteiger partial charge in [0.05, 0.1) is 17.8 Å². The van der Waals surface area contributed by atoms with Crippen LogP contribution >= 0.6 is 12.8 Å². The number of anilines is 3. The summed E-state index contributed by atoms with van der Waals surface area (Å²) in [6.07, 6.45) is 1.58. The van der Waals surface area contributed by atoms with Crippen molar-refractivity contribution in [2.75, 3.05) is 16.2 Å². The number of amides is 2. The molecule has 0 unspecified atom stereocenters. The molecule has 1 aromatic carbocycles. The van der Waals surface area contributed by atoms with Gasteiger partial charge in [0.25, 0.3) is 0 Å². The average Bonchev–Trinajstić information content (AvgIpc) is 2.68. The normalized spacial score (nSPS) is 10.3. The van der Waals surface area contributed by atoms with Gasteiger partial charge < -0.3 is 10.6 Å². The second-order valence-electron chi connectivity index (χ2n) is 5.68. The first kappa shape index (κ1) is 18.4. The predicted octanol–water partition coefficient (Wildman–Crippen LogP) is 3.33. The average molecular weight is 379 g/mol. The topological polar surface area (TPSA) is 107 Å². The van der Waals surface area contributed by atoms with Gasteiger partial charge in [-0.3, -0.25) is 0 Å². The highest BCUT2D eigenvalue weighted by molar-refractivity contribution is 7.82. The van der Waals surface area contributed by atoms with Gasteiger partial charge in [0.15, 0.2) is 11.5 Å². The van der Waals surface area contributed by atoms with Gasteiger partial charge in [-0.2, -0.15) is 5.26 Å². The highest BCUT2D eigenvalue weighted by Crippen LogP contribution is 2.21. The monoisotopic (exact) mass is 379 g/mol. The van der Waals surface area contributed by atoms with E-state index in [1.807, 2.05) is 26.0 Å². The van der Waals surface area contributed by atoms with Gasteiger partial charge in [-0.15, -0.1) is 0 Å². The van der Waals surface area contributed by atoms with Crippen LogP contribution in [-0.4, -0.2) is 27.5 Å². The Morgan fingerprint density at radius 2 is 2.11 bits per heavy atom. The molecule has 9 heteroatoms. The molecule has 0 saturated carbocycles. The zero-order chi connectivity index (χ0) is 19.4. The highest BCUT2D eigenvalue weighted by atomic mass is 32.1. The number of urea groups is 1. The maximum absolute atomic E-state index is 11.9. The summed E-state index contributed by atoms with van der Waals surface area (Å²) in [5.41, 5.74) is 3.16. The molecule has 8 nitrogen and oxygen atoms in total. The fraction of sp³-hybridized carbons (Fsp3) is 0.167. The lowest BCUT2D eigenvalue weighted by atomic mass is 10.1. The van der Waals surface area contributed by atoms with Crippen molar-refractivity contribution in [2.45, 2.75) is 13.8 Å². The summed E-state index contributed by atoms with van der Waals surface area (Å²) >= 11 is 4.18. The van der Waals surface area contributed by atoms with Crippen LogP contribution in [0, 0.1) is 18.3 Å². The Labute approximate surface area is 161 Å². The van der Waals surface area contributed by atoms with Crippen LogP contribution in [-0.2, 0) is 0 Å². The van der Waals surface area contributed by atoms with E-state index in [1.165, 1.54) is 0 Å². The number of hydrogen-bond donors (Lipinski definition) is 3. The molecule has 3 rings (SSSR count). The molecule has 0 fully saturated rings. The van der Waals surface area contributed by atoms with Gasteiger partial charge >= 0.3 is 6.03 Å². The predicted molar refractivity (Wildman–Crippen MR) is 107 cm³/mol. The largest absolute Gasteiger partial charge is 0.339 e. The van der Waals surface area contributed by atoms with E-state index in [-0.39, 0.29) is 6.03 Å². The Morgan fingerprint density at radius 1 is 1.30 bits per heavy atom. The third kappa shape index (κ3) is 4.07. The number of rotatable bonds is 4. The molecule has 0 aliphatic carbocycles. The molecule has 2 amide bonds. The summed E-state index contributed by atoms with van der Waals surface area (Å²) in [5.74, 6) is 0.814. The number of nitrogens with zero attached hydrogens (tertiary/aromatic N) is 5. The number of fused-ring (bicyclic) bond motifs is 1. The van der Waals surface area contributed by atoms with E-state index >= 15 is 0 Å². The second kappa shape index (κ2) is 7.88. The van der Waals surface area contributed by atoms with Crippen LogP contribution in [0.4, 0.5) is 22.1 Å². The van der Waals surface area contributed by atoms with Gasteiger partial charge in [-0.25, -0.2) is 24.1 Å². The number of carbonyl (C=O) groups excluding carboxylic acids is 1. The van der Waals surface area contributed by atoms with Gasteiger partial charge in [-0.05, 0) is 43.7 Å². The molecule has 2 heterocycles. The molecule has 0 spiro atoms. The lowest BCUT2D eigenvalue weighted by Gasteiger charge is -2.15. The number of pyridine rings is 1. The highest BCUT2D eigenvalue weighted by Gasteiger charge is 2.13. The zero-order valence-electron chi connectivity index (χ0n) is 14.8. The Balaban J connectivity index is 1.90. The fourth-order valence-electron chi connectivity index (χ4n) is 2.36. The number of thiol groups is 1. The van der Waals surface area contributed by atoms with E-state index in [9.17, 15) is 4.79 Å². The van der Waals surface area contributed by atoms with E-state index in [0.29, 0.717) is 34.9 Å². The van der Waals surface area contributed by atoms with Crippen molar-refractivity contribution >= 4 is 47.3 Å². The quantitative estimate of drug-likeness (QED) is 0.600. The number of aryl methyl sites for hydroxylation is 1. The molecule has 136 valence electrons. The van der Waals surface area contributed by atoms with E-state index in [0.717, 1.165) is 15.6 Å². The summed E-state index contributed by atoms with van der Waals surface area (Å²) < 4.78 is 1.11. The number of carbonyl (C=O) groups is 1. The van der Waals surface area contributed by atoms with Crippen LogP contribution in [0.3, 0.4) is 0 Å². The Morgan fingerprint density at radius 3 is 2.85 bits per heavy atom. The van der Waals surface area contributed by atoms with Crippen LogP contribution < -0.4 is 14.9 Å². The van der Waals surface area contributed by atoms with Gasteiger partial charge in [0.1, 0.15) is 11.3 Å². The van der Waals surface area contributed by atoms with Crippen molar-refractivity contribution in [2.24, 2.45) is 0 Å². The zero-order valence-corrected chi connectivity index (χ0v) is 15.7. The third-order valence-corrected chi connectivity index (χ3v) is 4.15. The maximum Gasteiger partial charge on any atom is 0.333 e. The Bertz CT molecular complexity index is 1050. The first-order valence-electron chi connectivity index (χ1n) is 8.20. The molecule has 0 atom stereocenters. The fourth-order valence-corrected chi connectivity index (χ4v) is 2.55. The van der Waals surface area contributed by atoms with Gasteiger partial charge in [0.2, 0.25) is 0 Å². The Kier molecular flexibility index (Phi) is 5.38. The van der Waals surface area contributed by atoms with Crippen molar-refractivity contribution in [3.05, 3.63) is 47.7 Å². The minimum absolute atomic E-state index is 0.338. The maximum atomic E-state index is 11.9. The molecule has 0 saturated heterocycles. The van der Waals surface area contributed by atoms with Gasteiger partial charge in [-0.1, -0.05) is 18.9 Å². The van der Waals surface area contributed by atoms with Crippen LogP contribution in [0.15, 0.2) is 36.5 Å². The minimum atomic E-state index is -0.376. The van der Waals surface area contributed by atoms with Crippen LogP contribution in [0.1, 0.15) is 18.1 Å². The smallest absolute Gasteiger partial charge is 0.333 e. The molecular weight excluding hydrogens is 362 g/mol. The standard InChI is InChI=1S/C18H17N7OS/c1-3-20-18(26)25(27)16-7-6-14-17(24-16)23-15(10-21-14)22-13-5-4-11(2)12(8-13)9-19/h4-8,10,27H,3H2,1-2H3,(H,20,26)(H,22,23,24). The SMILES string of the molecule is CCNC(=O)N(S)c1ccc2ncc(Nc3ccc(C)c(C#N)c3)nc2n1. The molecule has 2 aromatic heterocycles. The van der Waals surface area contributed by atoms with Crippen molar-refractivity contribution in [1.29, 1.82) is 5.26 Å². The summed E-state index contributed by atoms with van der Waals surface area (Å²) in [7, 11) is 0. The molecule has 27 heavy (non-hydrogen) atoms. The van der Waals surface area contributed by atoms with Crippen LogP contribution in [0.5, 0.6) is 0 Å². The van der Waals surface area contributed by atoms with Crippen molar-refractivity contribution in [3.8, 4) is 6.07 Å². The number of aromatic nitrogens is 3. The number of benzene rings is 1. The molecular formula is C18H17N7OS. The van der Waals surface area contributed by atoms with E-state index in [4.69, 9.17) is 5.26 Å². The summed E-state index contributed by atoms with van der Waals surface area (Å²) in [5, 5.41) is 14.9. The summed E-state index contributed by atoms with van der Waals surface area (Å²) in [4.78, 5) is 25.0. The number of hydrogen-bond acceptors (Lipinski definition) is 7. The summed E-state index contributed by atoms with van der Waals surface area (Å²) in [6.45, 7) is 4.18. The van der Waals surface area contributed by atoms with Crippen molar-refractivity contribution in [1.82, 2.24) is 20.3 Å². The lowest BCUT2D eigenvalue weighted by molar-refractivity contribution is 0.250. The first-order valence-corrected chi connectivity index (χ1v) is 8.60. The molecule has 0 bridgehead atoms. The van der Waals surface area contributed by atoms with Crippen molar-refractivity contribution in [3.63, 3.8) is 0 Å². The van der Waals surface area contributed by atoms with E-state index < -0.39 is 0 Å². The Hall–Kier alpha value is -3.38. The minimum Gasteiger partial charge on any atom is -0.339 e. The van der Waals surface area contributed by atoms with E-state index in [1.54, 1.807) is 24.4 Å². The second-order valence-corrected chi connectivity index (χ2v) is 6.08. The van der Waals surface area contributed by atoms with E-state index in [2.05, 4.69) is 44.5 Å². The number of nitrogens with one attached hydrogen (secondary N) is 2. The third-order valence-electron chi connectivity index (χ3n) is 3.76. The van der Waals surface area contributed by atoms with Crippen LogP contribution in [0.25, 0.3) is 11.2 Å². The number of nitriles is 1. The molecule has 0 aliphatic rings.